The van der Waals surface area contributed by atoms with Crippen molar-refractivity contribution in [3.8, 4) is 22.3 Å². The predicted molar refractivity (Wildman–Crippen MR) is 180 cm³/mol. The van der Waals surface area contributed by atoms with Gasteiger partial charge in [0.1, 0.15) is 0 Å². The van der Waals surface area contributed by atoms with Gasteiger partial charge in [0, 0.05) is 0 Å². The molecule has 2 unspecified atom stereocenters. The number of hydrogen-bond donors (Lipinski definition) is 4. The summed E-state index contributed by atoms with van der Waals surface area (Å²) in [5.41, 5.74) is 8.54. The van der Waals surface area contributed by atoms with Gasteiger partial charge in [-0.3, -0.25) is 0 Å². The fourth-order valence-electron chi connectivity index (χ4n) is 6.15. The number of nitrogens with one attached hydrogen (secondary N) is 2. The fraction of sp³-hybridized carbons (Fsp3) is 0.222. The van der Waals surface area contributed by atoms with E-state index in [2.05, 4.69) is 10.6 Å². The van der Waals surface area contributed by atoms with Crippen molar-refractivity contribution in [1.29, 1.82) is 0 Å². The summed E-state index contributed by atoms with van der Waals surface area (Å²) in [7, 11) is 0. The van der Waals surface area contributed by atoms with E-state index in [9.17, 15) is 29.4 Å². The second-order valence-corrected chi connectivity index (χ2v) is 18.8. The molecule has 10 nitrogen and oxygen atoms in total. The van der Waals surface area contributed by atoms with Gasteiger partial charge in [-0.15, -0.1) is 0 Å². The van der Waals surface area contributed by atoms with E-state index in [4.69, 9.17) is 9.47 Å². The summed E-state index contributed by atoms with van der Waals surface area (Å²) in [6, 6.07) is 29.3. The second-order valence-electron chi connectivity index (χ2n) is 11.3. The van der Waals surface area contributed by atoms with Gasteiger partial charge in [0.25, 0.3) is 0 Å². The van der Waals surface area contributed by atoms with Crippen molar-refractivity contribution >= 4 is 50.4 Å². The summed E-state index contributed by atoms with van der Waals surface area (Å²) in [6.45, 7) is 0.117. The predicted octanol–water partition coefficient (Wildman–Crippen LogP) is 5.13. The number of amides is 2. The molecule has 0 saturated carbocycles. The van der Waals surface area contributed by atoms with E-state index in [0.717, 1.165) is 44.5 Å². The molecule has 0 heterocycles. The van der Waals surface area contributed by atoms with Crippen molar-refractivity contribution in [2.24, 2.45) is 0 Å². The molecule has 0 saturated heterocycles. The third-order valence-corrected chi connectivity index (χ3v) is 15.5. The Kier molecular flexibility index (Phi) is 10.5. The maximum absolute atomic E-state index is 12.7. The maximum atomic E-state index is 12.7. The third kappa shape index (κ3) is 7.27. The zero-order chi connectivity index (χ0) is 33.6. The zero-order valence-electron chi connectivity index (χ0n) is 25.5. The Morgan fingerprint density at radius 1 is 0.542 bits per heavy atom. The number of hydrogen-bond acceptors (Lipinski definition) is 6. The summed E-state index contributed by atoms with van der Waals surface area (Å²) in [6.07, 6.45) is -1.65. The topological polar surface area (TPSA) is 151 Å². The number of carbonyl (C=O) groups is 4. The van der Waals surface area contributed by atoms with Gasteiger partial charge in [-0.25, -0.2) is 0 Å². The molecule has 0 aliphatic heterocycles. The van der Waals surface area contributed by atoms with Gasteiger partial charge >= 0.3 is 289 Å². The molecule has 2 atom stereocenters. The molecular weight excluding hydrogens is 746 g/mol. The number of carbonyl (C=O) groups excluding carboxylic acids is 2. The van der Waals surface area contributed by atoms with Crippen molar-refractivity contribution in [2.45, 2.75) is 34.6 Å². The van der Waals surface area contributed by atoms with E-state index >= 15 is 0 Å². The van der Waals surface area contributed by atoms with E-state index in [1.54, 1.807) is 0 Å². The fourth-order valence-corrected chi connectivity index (χ4v) is 13.1. The molecule has 4 aromatic carbocycles. The minimum absolute atomic E-state index is 0.0586. The molecule has 4 aromatic rings. The van der Waals surface area contributed by atoms with Crippen molar-refractivity contribution in [3.63, 3.8) is 0 Å². The first-order chi connectivity index (χ1) is 23.3. The Balaban J connectivity index is 0.957. The average molecular weight is 779 g/mol. The summed E-state index contributed by atoms with van der Waals surface area (Å²) in [5, 5.41) is 24.6. The van der Waals surface area contributed by atoms with Gasteiger partial charge in [0.2, 0.25) is 0 Å². The van der Waals surface area contributed by atoms with Crippen LogP contribution in [-0.4, -0.2) is 85.9 Å². The summed E-state index contributed by atoms with van der Waals surface area (Å²) in [5.74, 6) is -2.72. The van der Waals surface area contributed by atoms with E-state index in [1.165, 1.54) is 0 Å². The van der Waals surface area contributed by atoms with Crippen LogP contribution in [0.1, 0.15) is 34.1 Å². The number of rotatable bonds is 13. The monoisotopic (exact) mass is 780 g/mol. The normalized spacial score (nSPS) is 14.1. The van der Waals surface area contributed by atoms with Crippen LogP contribution in [-0.2, 0) is 19.1 Å². The SMILES string of the molecule is O=C(NC(C[Se][Se]CC(NC(=O)OCC1c2ccccc2-c2ccccc21)C(=O)O)C(=O)O)OCC1c2ccccc2-c2ccccc21. The van der Waals surface area contributed by atoms with Crippen LogP contribution in [0.2, 0.25) is 10.6 Å². The first-order valence-electron chi connectivity index (χ1n) is 15.2. The van der Waals surface area contributed by atoms with Gasteiger partial charge in [-0.05, 0) is 0 Å². The van der Waals surface area contributed by atoms with Crippen LogP contribution < -0.4 is 10.6 Å². The molecule has 0 fully saturated rings. The number of alkyl carbamates (subject to hydrolysis) is 2. The van der Waals surface area contributed by atoms with Crippen LogP contribution in [0.5, 0.6) is 0 Å². The second kappa shape index (κ2) is 15.1. The van der Waals surface area contributed by atoms with Crippen LogP contribution in [0, 0.1) is 0 Å². The number of benzene rings is 4. The zero-order valence-corrected chi connectivity index (χ0v) is 29.0. The first kappa shape index (κ1) is 33.3. The van der Waals surface area contributed by atoms with Gasteiger partial charge in [0.15, 0.2) is 0 Å². The molecule has 246 valence electrons. The third-order valence-electron chi connectivity index (χ3n) is 8.42. The first-order valence-corrected chi connectivity index (χ1v) is 22.0. The Hall–Kier alpha value is -4.60. The van der Waals surface area contributed by atoms with E-state index in [-0.39, 0.29) is 62.0 Å². The average Bonchev–Trinajstić information content (AvgIpc) is 3.59. The number of ether oxygens (including phenoxy) is 2. The Morgan fingerprint density at radius 2 is 0.833 bits per heavy atom. The molecule has 2 amide bonds. The molecule has 2 aliphatic rings. The van der Waals surface area contributed by atoms with Crippen molar-refractivity contribution in [1.82, 2.24) is 10.6 Å². The van der Waals surface area contributed by atoms with Gasteiger partial charge in [0.05, 0.1) is 0 Å². The Bertz CT molecular complexity index is 1630. The molecule has 12 heteroatoms. The van der Waals surface area contributed by atoms with Crippen LogP contribution in [0.15, 0.2) is 97.1 Å². The van der Waals surface area contributed by atoms with Crippen LogP contribution in [0.3, 0.4) is 0 Å². The molecule has 6 rings (SSSR count). The molecule has 4 N–H and O–H groups in total. The molecule has 0 aromatic heterocycles. The Morgan fingerprint density at radius 3 is 1.12 bits per heavy atom. The molecule has 0 radical (unpaired) electrons. The standard InChI is InChI=1S/C36H32N2O8Se2/c39-33(40)31(37-35(43)45-17-29-25-13-5-1-9-21(25)22-10-2-6-14-26(22)29)19-47-48-20-32(34(41)42)38-36(44)46-18-30-27-15-7-3-11-23(27)24-12-4-8-16-28(24)30/h1-16,29-32H,17-20H2,(H,37,43)(H,38,44)(H,39,40)(H,41,42). The van der Waals surface area contributed by atoms with Gasteiger partial charge in [-0.1, -0.05) is 0 Å². The number of carboxylic acid groups (broad SMARTS) is 2. The van der Waals surface area contributed by atoms with Gasteiger partial charge in [-0.2, -0.15) is 0 Å². The molecular formula is C36H32N2O8Se2. The molecule has 0 spiro atoms. The molecule has 48 heavy (non-hydrogen) atoms. The van der Waals surface area contributed by atoms with Crippen LogP contribution in [0.25, 0.3) is 22.3 Å². The summed E-state index contributed by atoms with van der Waals surface area (Å²) in [4.78, 5) is 49.2. The minimum atomic E-state index is -1.20. The Labute approximate surface area is 288 Å². The number of fused-ring (bicyclic) bond motifs is 6. The summed E-state index contributed by atoms with van der Waals surface area (Å²) >= 11 is -0.577. The molecule has 0 bridgehead atoms. The van der Waals surface area contributed by atoms with E-state index in [1.807, 2.05) is 97.1 Å². The number of aliphatic carboxylic acids is 2. The van der Waals surface area contributed by atoms with E-state index in [0.29, 0.717) is 0 Å². The van der Waals surface area contributed by atoms with Crippen molar-refractivity contribution in [2.75, 3.05) is 13.2 Å². The summed E-state index contributed by atoms with van der Waals surface area (Å²) < 4.78 is 11.0. The van der Waals surface area contributed by atoms with Crippen LogP contribution in [0.4, 0.5) is 9.59 Å². The van der Waals surface area contributed by atoms with Gasteiger partial charge < -0.3 is 0 Å². The quantitative estimate of drug-likeness (QED) is 0.108. The number of carboxylic acids is 2. The van der Waals surface area contributed by atoms with Crippen LogP contribution >= 0.6 is 0 Å². The van der Waals surface area contributed by atoms with Crippen molar-refractivity contribution < 1.29 is 38.9 Å². The molecule has 2 aliphatic carbocycles. The van der Waals surface area contributed by atoms with E-state index < -0.39 is 36.2 Å². The van der Waals surface area contributed by atoms with Crippen molar-refractivity contribution in [3.05, 3.63) is 119 Å².